The average molecular weight is 547 g/mol. The number of phenolic OH excluding ortho intramolecular Hbond substituents is 2. The Bertz CT molecular complexity index is 1100. The van der Waals surface area contributed by atoms with Crippen LogP contribution in [-0.4, -0.2) is 75.2 Å². The minimum Gasteiger partial charge on any atom is -0.508 e. The molecule has 2 rings (SSSR count). The zero-order chi connectivity index (χ0) is 28.2. The fourth-order valence-electron chi connectivity index (χ4n) is 3.51. The number of thioether (sulfide) groups is 1. The Kier molecular flexibility index (Phi) is 11.9. The van der Waals surface area contributed by atoms with Gasteiger partial charge in [0.05, 0.1) is 6.04 Å². The number of aromatic hydroxyl groups is 2. The second-order valence-electron chi connectivity index (χ2n) is 8.82. The summed E-state index contributed by atoms with van der Waals surface area (Å²) in [5.41, 5.74) is 7.29. The van der Waals surface area contributed by atoms with Gasteiger partial charge < -0.3 is 37.0 Å². The lowest BCUT2D eigenvalue weighted by molar-refractivity contribution is -0.142. The number of nitrogens with two attached hydrogens (primary N) is 1. The minimum atomic E-state index is -1.25. The highest BCUT2D eigenvalue weighted by atomic mass is 32.2. The molecule has 8 N–H and O–H groups in total. The number of carbonyl (C=O) groups is 4. The number of amides is 3. The van der Waals surface area contributed by atoms with Crippen molar-refractivity contribution in [2.45, 2.75) is 50.4 Å². The van der Waals surface area contributed by atoms with Gasteiger partial charge in [0.1, 0.15) is 29.6 Å². The summed E-state index contributed by atoms with van der Waals surface area (Å²) in [6.07, 6.45) is 2.25. The van der Waals surface area contributed by atoms with Crippen LogP contribution in [0, 0.1) is 0 Å². The van der Waals surface area contributed by atoms with Crippen molar-refractivity contribution in [3.05, 3.63) is 59.7 Å². The summed E-state index contributed by atoms with van der Waals surface area (Å²) in [6.45, 7) is 1.45. The minimum absolute atomic E-state index is 0.0179. The molecule has 38 heavy (non-hydrogen) atoms. The number of aliphatic carboxylic acids is 1. The van der Waals surface area contributed by atoms with E-state index in [4.69, 9.17) is 5.73 Å². The topological polar surface area (TPSA) is 191 Å². The summed E-state index contributed by atoms with van der Waals surface area (Å²) in [7, 11) is 0. The predicted octanol–water partition coefficient (Wildman–Crippen LogP) is 0.522. The van der Waals surface area contributed by atoms with E-state index in [9.17, 15) is 34.5 Å². The molecule has 0 aromatic heterocycles. The van der Waals surface area contributed by atoms with Crippen LogP contribution in [0.2, 0.25) is 0 Å². The van der Waals surface area contributed by atoms with Gasteiger partial charge in [0, 0.05) is 6.42 Å². The van der Waals surface area contributed by atoms with Crippen molar-refractivity contribution in [1.29, 1.82) is 0 Å². The summed E-state index contributed by atoms with van der Waals surface area (Å²) in [5, 5.41) is 36.0. The first-order valence-corrected chi connectivity index (χ1v) is 13.3. The molecule has 206 valence electrons. The van der Waals surface area contributed by atoms with Crippen LogP contribution in [0.15, 0.2) is 48.5 Å². The van der Waals surface area contributed by atoms with Crippen LogP contribution in [0.25, 0.3) is 0 Å². The third-order valence-electron chi connectivity index (χ3n) is 5.72. The molecule has 0 fully saturated rings. The van der Waals surface area contributed by atoms with Crippen LogP contribution in [0.1, 0.15) is 24.5 Å². The van der Waals surface area contributed by atoms with Gasteiger partial charge in [0.15, 0.2) is 0 Å². The number of carboxylic acids is 1. The molecular formula is C26H34N4O7S. The number of carboxylic acid groups (broad SMARTS) is 1. The number of phenols is 2. The van der Waals surface area contributed by atoms with Crippen molar-refractivity contribution in [3.8, 4) is 11.5 Å². The van der Waals surface area contributed by atoms with Crippen molar-refractivity contribution in [2.24, 2.45) is 5.73 Å². The van der Waals surface area contributed by atoms with Crippen LogP contribution in [0.5, 0.6) is 11.5 Å². The third kappa shape index (κ3) is 9.94. The Morgan fingerprint density at radius 3 is 1.79 bits per heavy atom. The fourth-order valence-corrected chi connectivity index (χ4v) is 3.98. The Labute approximate surface area is 225 Å². The van der Waals surface area contributed by atoms with E-state index < -0.39 is 47.9 Å². The molecule has 0 saturated carbocycles. The van der Waals surface area contributed by atoms with Gasteiger partial charge in [-0.25, -0.2) is 4.79 Å². The van der Waals surface area contributed by atoms with Crippen molar-refractivity contribution < 1.29 is 34.5 Å². The fraction of sp³-hybridized carbons (Fsp3) is 0.385. The molecule has 0 saturated heterocycles. The lowest BCUT2D eigenvalue weighted by Crippen LogP contribution is -2.56. The number of nitrogens with one attached hydrogen (secondary N) is 3. The number of hydrogen-bond acceptors (Lipinski definition) is 8. The molecule has 4 atom stereocenters. The SMILES string of the molecule is CSCCC(NC(=O)C(C)NC(=O)C(N)Cc1ccc(O)cc1)C(=O)NC(Cc1ccc(O)cc1)C(=O)O. The van der Waals surface area contributed by atoms with Crippen LogP contribution in [-0.2, 0) is 32.0 Å². The number of carbonyl (C=O) groups excluding carboxylic acids is 3. The standard InChI is InChI=1S/C26H34N4O7S/c1-15(28-24(34)20(27)13-16-3-7-18(31)8-4-16)23(33)29-21(11-12-38-2)25(35)30-22(26(36)37)14-17-5-9-19(32)10-6-17/h3-10,15,20-22,31-32H,11-14,27H2,1-2H3,(H,28,34)(H,29,33)(H,30,35)(H,36,37). The first kappa shape index (κ1) is 30.5. The molecule has 0 aliphatic rings. The van der Waals surface area contributed by atoms with E-state index in [1.807, 2.05) is 6.26 Å². The molecular weight excluding hydrogens is 512 g/mol. The van der Waals surface area contributed by atoms with Gasteiger partial charge in [-0.05, 0) is 67.2 Å². The van der Waals surface area contributed by atoms with Crippen molar-refractivity contribution in [2.75, 3.05) is 12.0 Å². The highest BCUT2D eigenvalue weighted by Gasteiger charge is 2.28. The number of hydrogen-bond donors (Lipinski definition) is 7. The zero-order valence-electron chi connectivity index (χ0n) is 21.2. The van der Waals surface area contributed by atoms with Gasteiger partial charge in [-0.3, -0.25) is 14.4 Å². The molecule has 12 heteroatoms. The smallest absolute Gasteiger partial charge is 0.326 e. The van der Waals surface area contributed by atoms with E-state index in [1.165, 1.54) is 43.0 Å². The molecule has 3 amide bonds. The predicted molar refractivity (Wildman–Crippen MR) is 144 cm³/mol. The van der Waals surface area contributed by atoms with Gasteiger partial charge in [-0.15, -0.1) is 0 Å². The highest BCUT2D eigenvalue weighted by Crippen LogP contribution is 2.13. The Hall–Kier alpha value is -3.77. The van der Waals surface area contributed by atoms with E-state index in [2.05, 4.69) is 16.0 Å². The van der Waals surface area contributed by atoms with Gasteiger partial charge in [0.2, 0.25) is 17.7 Å². The molecule has 0 heterocycles. The van der Waals surface area contributed by atoms with E-state index in [-0.39, 0.29) is 30.8 Å². The summed E-state index contributed by atoms with van der Waals surface area (Å²) >= 11 is 1.46. The molecule has 11 nitrogen and oxygen atoms in total. The molecule has 0 bridgehead atoms. The molecule has 0 aliphatic heterocycles. The largest absolute Gasteiger partial charge is 0.508 e. The second kappa shape index (κ2) is 14.8. The zero-order valence-corrected chi connectivity index (χ0v) is 22.0. The second-order valence-corrected chi connectivity index (χ2v) is 9.81. The van der Waals surface area contributed by atoms with Gasteiger partial charge in [-0.1, -0.05) is 24.3 Å². The summed E-state index contributed by atoms with van der Waals surface area (Å²) in [5.74, 6) is -2.45. The van der Waals surface area contributed by atoms with Crippen molar-refractivity contribution in [3.63, 3.8) is 0 Å². The lowest BCUT2D eigenvalue weighted by atomic mass is 10.0. The maximum atomic E-state index is 13.0. The Balaban J connectivity index is 1.98. The van der Waals surface area contributed by atoms with Crippen LogP contribution in [0.4, 0.5) is 0 Å². The van der Waals surface area contributed by atoms with Crippen LogP contribution in [0.3, 0.4) is 0 Å². The molecule has 4 unspecified atom stereocenters. The Morgan fingerprint density at radius 1 is 0.789 bits per heavy atom. The summed E-state index contributed by atoms with van der Waals surface area (Å²) in [6, 6.07) is 7.96. The molecule has 2 aromatic carbocycles. The molecule has 0 radical (unpaired) electrons. The van der Waals surface area contributed by atoms with Crippen LogP contribution < -0.4 is 21.7 Å². The van der Waals surface area contributed by atoms with E-state index in [0.717, 1.165) is 5.56 Å². The average Bonchev–Trinajstić information content (AvgIpc) is 2.88. The number of benzene rings is 2. The van der Waals surface area contributed by atoms with E-state index in [1.54, 1.807) is 24.3 Å². The highest BCUT2D eigenvalue weighted by molar-refractivity contribution is 7.98. The molecule has 0 spiro atoms. The number of rotatable bonds is 14. The first-order valence-electron chi connectivity index (χ1n) is 11.9. The van der Waals surface area contributed by atoms with Crippen LogP contribution >= 0.6 is 11.8 Å². The normalized spacial score (nSPS) is 14.0. The van der Waals surface area contributed by atoms with Gasteiger partial charge >= 0.3 is 5.97 Å². The van der Waals surface area contributed by atoms with Gasteiger partial charge in [0.25, 0.3) is 0 Å². The lowest BCUT2D eigenvalue weighted by Gasteiger charge is -2.24. The van der Waals surface area contributed by atoms with Crippen molar-refractivity contribution in [1.82, 2.24) is 16.0 Å². The summed E-state index contributed by atoms with van der Waals surface area (Å²) < 4.78 is 0. The van der Waals surface area contributed by atoms with Gasteiger partial charge in [-0.2, -0.15) is 11.8 Å². The maximum Gasteiger partial charge on any atom is 0.326 e. The Morgan fingerprint density at radius 2 is 1.29 bits per heavy atom. The quantitative estimate of drug-likeness (QED) is 0.177. The van der Waals surface area contributed by atoms with E-state index in [0.29, 0.717) is 11.3 Å². The maximum absolute atomic E-state index is 13.0. The molecule has 0 aliphatic carbocycles. The monoisotopic (exact) mass is 546 g/mol. The first-order chi connectivity index (χ1) is 18.0. The summed E-state index contributed by atoms with van der Waals surface area (Å²) in [4.78, 5) is 50.0. The molecule has 2 aromatic rings. The van der Waals surface area contributed by atoms with Crippen molar-refractivity contribution >= 4 is 35.5 Å². The van der Waals surface area contributed by atoms with E-state index >= 15 is 0 Å². The third-order valence-corrected chi connectivity index (χ3v) is 6.36.